The molecule has 1 heterocycles. The second kappa shape index (κ2) is 6.21. The Labute approximate surface area is 98.7 Å². The van der Waals surface area contributed by atoms with Crippen LogP contribution >= 0.6 is 0 Å². The predicted octanol–water partition coefficient (Wildman–Crippen LogP) is 1.28. The van der Waals surface area contributed by atoms with Crippen molar-refractivity contribution >= 4 is 5.91 Å². The number of nitrogens with one attached hydrogen (secondary N) is 2. The fourth-order valence-electron chi connectivity index (χ4n) is 2.12. The van der Waals surface area contributed by atoms with E-state index in [2.05, 4.69) is 29.6 Å². The highest BCUT2D eigenvalue weighted by atomic mass is 16.2. The van der Waals surface area contributed by atoms with Crippen molar-refractivity contribution in [1.82, 2.24) is 15.8 Å². The van der Waals surface area contributed by atoms with Crippen LogP contribution in [0.15, 0.2) is 0 Å². The molecule has 2 atom stereocenters. The van der Waals surface area contributed by atoms with Crippen molar-refractivity contribution in [2.75, 3.05) is 6.54 Å². The van der Waals surface area contributed by atoms with Gasteiger partial charge in [0.15, 0.2) is 0 Å². The van der Waals surface area contributed by atoms with Crippen molar-refractivity contribution in [3.8, 4) is 0 Å². The molecule has 0 saturated carbocycles. The van der Waals surface area contributed by atoms with Crippen LogP contribution in [0.25, 0.3) is 0 Å². The zero-order valence-corrected chi connectivity index (χ0v) is 10.9. The van der Waals surface area contributed by atoms with Crippen LogP contribution in [0.2, 0.25) is 0 Å². The fourth-order valence-corrected chi connectivity index (χ4v) is 2.12. The van der Waals surface area contributed by atoms with Crippen LogP contribution in [0.3, 0.4) is 0 Å². The smallest absolute Gasteiger partial charge is 0.248 e. The van der Waals surface area contributed by atoms with E-state index in [4.69, 9.17) is 0 Å². The highest BCUT2D eigenvalue weighted by Crippen LogP contribution is 2.19. The normalized spacial score (nSPS) is 27.1. The number of hydrazine groups is 1. The summed E-state index contributed by atoms with van der Waals surface area (Å²) in [4.78, 5) is 11.7. The Balaban J connectivity index is 2.36. The monoisotopic (exact) mass is 227 g/mol. The molecule has 16 heavy (non-hydrogen) atoms. The number of rotatable bonds is 4. The number of hydrogen-bond donors (Lipinski definition) is 2. The van der Waals surface area contributed by atoms with E-state index in [1.165, 1.54) is 19.3 Å². The molecule has 1 rings (SSSR count). The van der Waals surface area contributed by atoms with Gasteiger partial charge in [0.2, 0.25) is 5.91 Å². The van der Waals surface area contributed by atoms with E-state index < -0.39 is 0 Å². The van der Waals surface area contributed by atoms with Gasteiger partial charge in [0.05, 0.1) is 6.54 Å². The molecule has 0 spiro atoms. The van der Waals surface area contributed by atoms with Crippen LogP contribution in [-0.4, -0.2) is 35.6 Å². The van der Waals surface area contributed by atoms with Gasteiger partial charge in [-0.15, -0.1) is 0 Å². The average Bonchev–Trinajstić information content (AvgIpc) is 2.21. The Morgan fingerprint density at radius 2 is 1.88 bits per heavy atom. The van der Waals surface area contributed by atoms with Gasteiger partial charge >= 0.3 is 0 Å². The second-order valence-corrected chi connectivity index (χ2v) is 5.11. The summed E-state index contributed by atoms with van der Waals surface area (Å²) in [6.45, 7) is 8.82. The maximum absolute atomic E-state index is 11.7. The van der Waals surface area contributed by atoms with Gasteiger partial charge in [0.1, 0.15) is 0 Å². The molecule has 94 valence electrons. The Hall–Kier alpha value is -0.610. The molecule has 1 fully saturated rings. The van der Waals surface area contributed by atoms with Gasteiger partial charge in [-0.3, -0.25) is 10.2 Å². The Morgan fingerprint density at radius 1 is 1.31 bits per heavy atom. The minimum absolute atomic E-state index is 0.0642. The van der Waals surface area contributed by atoms with Gasteiger partial charge in [-0.05, 0) is 26.7 Å². The van der Waals surface area contributed by atoms with E-state index in [0.29, 0.717) is 24.7 Å². The van der Waals surface area contributed by atoms with Gasteiger partial charge in [0.25, 0.3) is 0 Å². The number of nitrogens with zero attached hydrogens (tertiary/aromatic N) is 1. The molecule has 0 aromatic heterocycles. The lowest BCUT2D eigenvalue weighted by atomic mass is 10.00. The second-order valence-electron chi connectivity index (χ2n) is 5.11. The maximum Gasteiger partial charge on any atom is 0.248 e. The number of carbonyl (C=O) groups is 1. The molecule has 1 aliphatic rings. The van der Waals surface area contributed by atoms with Gasteiger partial charge in [-0.2, -0.15) is 0 Å². The van der Waals surface area contributed by atoms with Crippen molar-refractivity contribution in [3.63, 3.8) is 0 Å². The minimum atomic E-state index is 0.0642. The quantitative estimate of drug-likeness (QED) is 0.760. The van der Waals surface area contributed by atoms with Crippen LogP contribution < -0.4 is 10.7 Å². The molecule has 0 aliphatic carbocycles. The molecular weight excluding hydrogens is 202 g/mol. The van der Waals surface area contributed by atoms with E-state index in [0.717, 1.165) is 0 Å². The zero-order chi connectivity index (χ0) is 12.1. The lowest BCUT2D eigenvalue weighted by Gasteiger charge is -2.38. The van der Waals surface area contributed by atoms with Crippen LogP contribution in [0.4, 0.5) is 0 Å². The summed E-state index contributed by atoms with van der Waals surface area (Å²) in [5, 5.41) is 5.23. The highest BCUT2D eigenvalue weighted by molar-refractivity contribution is 5.77. The van der Waals surface area contributed by atoms with Crippen LogP contribution in [0.5, 0.6) is 0 Å². The Morgan fingerprint density at radius 3 is 2.38 bits per heavy atom. The van der Waals surface area contributed by atoms with Gasteiger partial charge in [0, 0.05) is 18.1 Å². The van der Waals surface area contributed by atoms with Crippen LogP contribution in [0.1, 0.15) is 47.0 Å². The molecule has 2 N–H and O–H groups in total. The summed E-state index contributed by atoms with van der Waals surface area (Å²) < 4.78 is 0. The third-order valence-electron chi connectivity index (χ3n) is 3.12. The summed E-state index contributed by atoms with van der Waals surface area (Å²) in [6.07, 6.45) is 3.60. The van der Waals surface area contributed by atoms with E-state index in [1.54, 1.807) is 0 Å². The summed E-state index contributed by atoms with van der Waals surface area (Å²) in [5.41, 5.74) is 3.01. The van der Waals surface area contributed by atoms with Crippen molar-refractivity contribution in [2.45, 2.75) is 65.1 Å². The van der Waals surface area contributed by atoms with Crippen molar-refractivity contribution in [2.24, 2.45) is 0 Å². The Bertz CT molecular complexity index is 220. The summed E-state index contributed by atoms with van der Waals surface area (Å²) in [5.74, 6) is 0.0642. The largest absolute Gasteiger partial charge is 0.306 e. The van der Waals surface area contributed by atoms with Gasteiger partial charge in [-0.1, -0.05) is 20.3 Å². The first-order valence-electron chi connectivity index (χ1n) is 6.32. The molecule has 1 amide bonds. The molecule has 0 aromatic carbocycles. The highest BCUT2D eigenvalue weighted by Gasteiger charge is 2.25. The average molecular weight is 227 g/mol. The third-order valence-corrected chi connectivity index (χ3v) is 3.12. The standard InChI is InChI=1S/C12H25N3O/c1-9(2)13-8-12(16)14-15-10(3)6-5-7-11(15)4/h9-11,13H,5-8H2,1-4H3,(H,14,16). The molecule has 0 aromatic rings. The lowest BCUT2D eigenvalue weighted by molar-refractivity contribution is -0.128. The van der Waals surface area contributed by atoms with Crippen LogP contribution in [0, 0.1) is 0 Å². The van der Waals surface area contributed by atoms with Gasteiger partial charge < -0.3 is 5.32 Å². The lowest BCUT2D eigenvalue weighted by Crippen LogP contribution is -2.55. The molecule has 0 radical (unpaired) electrons. The minimum Gasteiger partial charge on any atom is -0.306 e. The fraction of sp³-hybridized carbons (Fsp3) is 0.917. The molecule has 4 nitrogen and oxygen atoms in total. The topological polar surface area (TPSA) is 44.4 Å². The van der Waals surface area contributed by atoms with E-state index in [1.807, 2.05) is 13.8 Å². The van der Waals surface area contributed by atoms with Crippen molar-refractivity contribution in [3.05, 3.63) is 0 Å². The maximum atomic E-state index is 11.7. The van der Waals surface area contributed by atoms with Crippen molar-refractivity contribution < 1.29 is 4.79 Å². The third kappa shape index (κ3) is 4.10. The molecule has 1 saturated heterocycles. The van der Waals surface area contributed by atoms with E-state index in [9.17, 15) is 4.79 Å². The summed E-state index contributed by atoms with van der Waals surface area (Å²) >= 11 is 0. The van der Waals surface area contributed by atoms with Gasteiger partial charge in [-0.25, -0.2) is 5.01 Å². The summed E-state index contributed by atoms with van der Waals surface area (Å²) in [6, 6.07) is 1.25. The molecule has 1 aliphatic heterocycles. The molecular formula is C12H25N3O. The SMILES string of the molecule is CC(C)NCC(=O)NN1C(C)CCCC1C. The van der Waals surface area contributed by atoms with Crippen molar-refractivity contribution in [1.29, 1.82) is 0 Å². The molecule has 4 heteroatoms. The number of carbonyl (C=O) groups excluding carboxylic acids is 1. The number of hydrogen-bond acceptors (Lipinski definition) is 3. The Kier molecular flexibility index (Phi) is 5.22. The first kappa shape index (κ1) is 13.5. The summed E-state index contributed by atoms with van der Waals surface area (Å²) in [7, 11) is 0. The first-order chi connectivity index (χ1) is 7.50. The first-order valence-corrected chi connectivity index (χ1v) is 6.32. The van der Waals surface area contributed by atoms with E-state index >= 15 is 0 Å². The zero-order valence-electron chi connectivity index (χ0n) is 10.9. The predicted molar refractivity (Wildman–Crippen MR) is 65.9 cm³/mol. The molecule has 0 bridgehead atoms. The van der Waals surface area contributed by atoms with E-state index in [-0.39, 0.29) is 5.91 Å². The number of amides is 1. The number of piperidine rings is 1. The van der Waals surface area contributed by atoms with Crippen LogP contribution in [-0.2, 0) is 4.79 Å². The molecule has 2 unspecified atom stereocenters.